The second kappa shape index (κ2) is 8.00. The third-order valence-corrected chi connectivity index (χ3v) is 4.96. The SMILES string of the molecule is CCc1ccc2cc(C(=O)Oc3ccc(-c4ccc(C#N)cc4)cc3)ccc2c1. The molecule has 0 saturated heterocycles. The van der Waals surface area contributed by atoms with E-state index in [1.165, 1.54) is 5.56 Å². The summed E-state index contributed by atoms with van der Waals surface area (Å²) in [6.45, 7) is 2.12. The minimum atomic E-state index is -0.377. The monoisotopic (exact) mass is 377 g/mol. The maximum atomic E-state index is 12.6. The van der Waals surface area contributed by atoms with Crippen LogP contribution >= 0.6 is 0 Å². The zero-order chi connectivity index (χ0) is 20.2. The molecule has 0 N–H and O–H groups in total. The van der Waals surface area contributed by atoms with Crippen molar-refractivity contribution in [1.29, 1.82) is 5.26 Å². The van der Waals surface area contributed by atoms with E-state index in [1.54, 1.807) is 30.3 Å². The van der Waals surface area contributed by atoms with Crippen molar-refractivity contribution in [1.82, 2.24) is 0 Å². The van der Waals surface area contributed by atoms with Gasteiger partial charge < -0.3 is 4.74 Å². The summed E-state index contributed by atoms with van der Waals surface area (Å²) in [4.78, 5) is 12.6. The number of hydrogen-bond acceptors (Lipinski definition) is 3. The summed E-state index contributed by atoms with van der Waals surface area (Å²) in [6.07, 6.45) is 0.984. The summed E-state index contributed by atoms with van der Waals surface area (Å²) in [6, 6.07) is 28.7. The van der Waals surface area contributed by atoms with Crippen molar-refractivity contribution in [2.45, 2.75) is 13.3 Å². The summed E-state index contributed by atoms with van der Waals surface area (Å²) < 4.78 is 5.54. The number of carbonyl (C=O) groups excluding carboxylic acids is 1. The first-order chi connectivity index (χ1) is 14.2. The van der Waals surface area contributed by atoms with Crippen molar-refractivity contribution in [2.24, 2.45) is 0 Å². The van der Waals surface area contributed by atoms with Gasteiger partial charge in [0, 0.05) is 0 Å². The molecule has 0 unspecified atom stereocenters. The topological polar surface area (TPSA) is 50.1 Å². The normalized spacial score (nSPS) is 10.5. The minimum Gasteiger partial charge on any atom is -0.423 e. The Morgan fingerprint density at radius 3 is 2.10 bits per heavy atom. The number of ether oxygens (including phenoxy) is 1. The molecule has 140 valence electrons. The van der Waals surface area contributed by atoms with Crippen molar-refractivity contribution in [3.05, 3.63) is 102 Å². The molecule has 0 aromatic heterocycles. The second-order valence-electron chi connectivity index (χ2n) is 6.85. The molecule has 3 nitrogen and oxygen atoms in total. The Labute approximate surface area is 169 Å². The standard InChI is InChI=1S/C26H19NO2/c1-2-18-3-8-23-16-24(10-9-22(23)15-18)26(28)29-25-13-11-21(12-14-25)20-6-4-19(17-27)5-7-20/h3-16H,2H2,1H3. The second-order valence-corrected chi connectivity index (χ2v) is 6.85. The van der Waals surface area contributed by atoms with E-state index in [-0.39, 0.29) is 5.97 Å². The van der Waals surface area contributed by atoms with E-state index in [9.17, 15) is 4.79 Å². The van der Waals surface area contributed by atoms with Gasteiger partial charge in [-0.05, 0) is 70.3 Å². The van der Waals surface area contributed by atoms with Crippen molar-refractivity contribution >= 4 is 16.7 Å². The van der Waals surface area contributed by atoms with Gasteiger partial charge >= 0.3 is 5.97 Å². The lowest BCUT2D eigenvalue weighted by Gasteiger charge is -2.08. The van der Waals surface area contributed by atoms with Gasteiger partial charge in [-0.2, -0.15) is 5.26 Å². The van der Waals surface area contributed by atoms with Crippen LogP contribution in [0.4, 0.5) is 0 Å². The van der Waals surface area contributed by atoms with E-state index in [0.717, 1.165) is 28.3 Å². The summed E-state index contributed by atoms with van der Waals surface area (Å²) >= 11 is 0. The highest BCUT2D eigenvalue weighted by Crippen LogP contribution is 2.24. The minimum absolute atomic E-state index is 0.377. The predicted octanol–water partition coefficient (Wildman–Crippen LogP) is 6.16. The number of fused-ring (bicyclic) bond motifs is 1. The number of rotatable bonds is 4. The summed E-state index contributed by atoms with van der Waals surface area (Å²) in [7, 11) is 0. The van der Waals surface area contributed by atoms with Crippen LogP contribution in [0.15, 0.2) is 84.9 Å². The van der Waals surface area contributed by atoms with Crippen LogP contribution in [0.5, 0.6) is 5.75 Å². The van der Waals surface area contributed by atoms with Crippen molar-refractivity contribution < 1.29 is 9.53 Å². The molecule has 0 saturated carbocycles. The quantitative estimate of drug-likeness (QED) is 0.316. The number of nitrogens with zero attached hydrogens (tertiary/aromatic N) is 1. The van der Waals surface area contributed by atoms with Crippen LogP contribution in [-0.2, 0) is 6.42 Å². The molecule has 0 atom stereocenters. The van der Waals surface area contributed by atoms with Crippen LogP contribution < -0.4 is 4.74 Å². The Hall–Kier alpha value is -3.90. The van der Waals surface area contributed by atoms with Gasteiger partial charge in [-0.25, -0.2) is 4.79 Å². The van der Waals surface area contributed by atoms with Crippen molar-refractivity contribution in [3.8, 4) is 22.9 Å². The molecule has 0 spiro atoms. The molecule has 0 bridgehead atoms. The smallest absolute Gasteiger partial charge is 0.343 e. The van der Waals surface area contributed by atoms with E-state index < -0.39 is 0 Å². The fraction of sp³-hybridized carbons (Fsp3) is 0.0769. The summed E-state index contributed by atoms with van der Waals surface area (Å²) in [5, 5.41) is 11.0. The van der Waals surface area contributed by atoms with Crippen LogP contribution in [0.3, 0.4) is 0 Å². The average Bonchev–Trinajstić information content (AvgIpc) is 2.79. The Bertz CT molecular complexity index is 1220. The molecule has 29 heavy (non-hydrogen) atoms. The highest BCUT2D eigenvalue weighted by molar-refractivity contribution is 5.96. The number of nitriles is 1. The summed E-state index contributed by atoms with van der Waals surface area (Å²) in [5.74, 6) is 0.117. The van der Waals surface area contributed by atoms with E-state index in [2.05, 4.69) is 25.1 Å². The highest BCUT2D eigenvalue weighted by atomic mass is 16.5. The first kappa shape index (κ1) is 18.5. The molecule has 4 aromatic carbocycles. The van der Waals surface area contributed by atoms with Gasteiger partial charge in [0.15, 0.2) is 0 Å². The third-order valence-electron chi connectivity index (χ3n) is 4.96. The van der Waals surface area contributed by atoms with Gasteiger partial charge in [0.2, 0.25) is 0 Å². The maximum Gasteiger partial charge on any atom is 0.343 e. The van der Waals surface area contributed by atoms with E-state index in [4.69, 9.17) is 10.00 Å². The van der Waals surface area contributed by atoms with Gasteiger partial charge in [0.1, 0.15) is 5.75 Å². The van der Waals surface area contributed by atoms with Gasteiger partial charge in [-0.15, -0.1) is 0 Å². The largest absolute Gasteiger partial charge is 0.423 e. The number of hydrogen-bond donors (Lipinski definition) is 0. The molecule has 0 aliphatic carbocycles. The molecular formula is C26H19NO2. The number of carbonyl (C=O) groups is 1. The Morgan fingerprint density at radius 2 is 1.45 bits per heavy atom. The molecule has 0 heterocycles. The third kappa shape index (κ3) is 4.02. The van der Waals surface area contributed by atoms with E-state index in [1.807, 2.05) is 42.5 Å². The Balaban J connectivity index is 1.50. The van der Waals surface area contributed by atoms with Crippen LogP contribution in [0.25, 0.3) is 21.9 Å². The van der Waals surface area contributed by atoms with Gasteiger partial charge in [0.25, 0.3) is 0 Å². The fourth-order valence-electron chi connectivity index (χ4n) is 3.26. The molecule has 0 aliphatic rings. The van der Waals surface area contributed by atoms with Crippen LogP contribution in [0.2, 0.25) is 0 Å². The first-order valence-corrected chi connectivity index (χ1v) is 9.52. The van der Waals surface area contributed by atoms with Crippen molar-refractivity contribution in [2.75, 3.05) is 0 Å². The van der Waals surface area contributed by atoms with Crippen molar-refractivity contribution in [3.63, 3.8) is 0 Å². The summed E-state index contributed by atoms with van der Waals surface area (Å²) in [5.41, 5.74) is 4.42. The Kier molecular flexibility index (Phi) is 5.09. The molecule has 0 amide bonds. The predicted molar refractivity (Wildman–Crippen MR) is 115 cm³/mol. The highest BCUT2D eigenvalue weighted by Gasteiger charge is 2.10. The molecular weight excluding hydrogens is 358 g/mol. The fourth-order valence-corrected chi connectivity index (χ4v) is 3.26. The zero-order valence-corrected chi connectivity index (χ0v) is 16.1. The molecule has 3 heteroatoms. The lowest BCUT2D eigenvalue weighted by Crippen LogP contribution is -2.08. The van der Waals surface area contributed by atoms with Crippen LogP contribution in [0.1, 0.15) is 28.4 Å². The number of benzene rings is 4. The number of aryl methyl sites for hydroxylation is 1. The Morgan fingerprint density at radius 1 is 0.828 bits per heavy atom. The van der Waals surface area contributed by atoms with Crippen LogP contribution in [-0.4, -0.2) is 5.97 Å². The maximum absolute atomic E-state index is 12.6. The lowest BCUT2D eigenvalue weighted by molar-refractivity contribution is 0.0735. The van der Waals surface area contributed by atoms with Gasteiger partial charge in [-0.3, -0.25) is 0 Å². The van der Waals surface area contributed by atoms with E-state index in [0.29, 0.717) is 16.9 Å². The lowest BCUT2D eigenvalue weighted by atomic mass is 10.0. The molecule has 4 rings (SSSR count). The first-order valence-electron chi connectivity index (χ1n) is 9.52. The average molecular weight is 377 g/mol. The molecule has 4 aromatic rings. The molecule has 0 aliphatic heterocycles. The van der Waals surface area contributed by atoms with Gasteiger partial charge in [-0.1, -0.05) is 55.5 Å². The van der Waals surface area contributed by atoms with E-state index >= 15 is 0 Å². The molecule has 0 fully saturated rings. The van der Waals surface area contributed by atoms with Gasteiger partial charge in [0.05, 0.1) is 17.2 Å². The zero-order valence-electron chi connectivity index (χ0n) is 16.1. The number of esters is 1. The molecule has 0 radical (unpaired) electrons. The van der Waals surface area contributed by atoms with Crippen LogP contribution in [0, 0.1) is 11.3 Å².